The molecule has 3 saturated carbocycles. The number of hydrogen-bond acceptors (Lipinski definition) is 3. The summed E-state index contributed by atoms with van der Waals surface area (Å²) in [6.07, 6.45) is 12.9. The molecule has 4 heteroatoms. The maximum atomic E-state index is 12.3. The molecular formula is C26H42N2O2. The van der Waals surface area contributed by atoms with Crippen molar-refractivity contribution in [3.63, 3.8) is 0 Å². The molecule has 0 aromatic rings. The molecule has 4 nitrogen and oxygen atoms in total. The van der Waals surface area contributed by atoms with Gasteiger partial charge in [0.2, 0.25) is 0 Å². The highest BCUT2D eigenvalue weighted by Gasteiger charge is 2.64. The molecule has 1 amide bonds. The van der Waals surface area contributed by atoms with Gasteiger partial charge in [-0.15, -0.1) is 0 Å². The monoisotopic (exact) mass is 414 g/mol. The molecule has 4 aliphatic carbocycles. The van der Waals surface area contributed by atoms with Crippen molar-refractivity contribution in [1.82, 2.24) is 9.80 Å². The topological polar surface area (TPSA) is 32.8 Å². The van der Waals surface area contributed by atoms with Crippen LogP contribution in [0, 0.1) is 34.5 Å². The lowest BCUT2D eigenvalue weighted by Crippen LogP contribution is -2.53. The molecule has 1 aliphatic heterocycles. The first-order valence-electron chi connectivity index (χ1n) is 12.6. The second-order valence-electron chi connectivity index (χ2n) is 11.6. The number of ether oxygens (including phenoxy) is 1. The van der Waals surface area contributed by atoms with Gasteiger partial charge in [-0.1, -0.05) is 18.6 Å². The van der Waals surface area contributed by atoms with Gasteiger partial charge in [0.25, 0.3) is 0 Å². The minimum absolute atomic E-state index is 0.156. The highest BCUT2D eigenvalue weighted by molar-refractivity contribution is 5.67. The molecule has 0 aromatic carbocycles. The summed E-state index contributed by atoms with van der Waals surface area (Å²) in [6.45, 7) is 8.74. The van der Waals surface area contributed by atoms with Crippen molar-refractivity contribution < 1.29 is 9.53 Å². The zero-order valence-electron chi connectivity index (χ0n) is 19.8. The zero-order chi connectivity index (χ0) is 21.3. The first-order chi connectivity index (χ1) is 14.3. The summed E-state index contributed by atoms with van der Waals surface area (Å²) in [4.78, 5) is 16.8. The number of likely N-dealkylation sites (tertiary alicyclic amines) is 1. The molecule has 0 radical (unpaired) electrons. The Kier molecular flexibility index (Phi) is 5.04. The lowest BCUT2D eigenvalue weighted by Gasteiger charge is -2.58. The summed E-state index contributed by atoms with van der Waals surface area (Å²) in [5.74, 6) is 3.60. The van der Waals surface area contributed by atoms with Crippen molar-refractivity contribution in [1.29, 1.82) is 0 Å². The van der Waals surface area contributed by atoms with Crippen LogP contribution in [0.1, 0.15) is 72.1 Å². The molecule has 5 rings (SSSR count). The van der Waals surface area contributed by atoms with E-state index in [1.165, 1.54) is 45.1 Å². The number of rotatable bonds is 2. The van der Waals surface area contributed by atoms with Crippen molar-refractivity contribution in [3.8, 4) is 0 Å². The van der Waals surface area contributed by atoms with Gasteiger partial charge >= 0.3 is 6.09 Å². The Hall–Kier alpha value is -1.03. The van der Waals surface area contributed by atoms with E-state index >= 15 is 0 Å². The van der Waals surface area contributed by atoms with Crippen LogP contribution in [0.4, 0.5) is 4.79 Å². The lowest BCUT2D eigenvalue weighted by atomic mass is 9.47. The number of hydrogen-bond donors (Lipinski definition) is 0. The number of amides is 1. The van der Waals surface area contributed by atoms with Crippen LogP contribution in [0.15, 0.2) is 11.6 Å². The van der Waals surface area contributed by atoms with E-state index in [9.17, 15) is 4.79 Å². The van der Waals surface area contributed by atoms with E-state index in [2.05, 4.69) is 31.9 Å². The van der Waals surface area contributed by atoms with Crippen molar-refractivity contribution >= 4 is 6.09 Å². The molecule has 0 N–H and O–H groups in total. The first kappa shape index (κ1) is 20.8. The Morgan fingerprint density at radius 3 is 2.73 bits per heavy atom. The number of nitrogens with zero attached hydrogens (tertiary/aromatic N) is 2. The van der Waals surface area contributed by atoms with Crippen LogP contribution in [0.5, 0.6) is 0 Å². The highest BCUT2D eigenvalue weighted by atomic mass is 16.6. The van der Waals surface area contributed by atoms with Gasteiger partial charge < -0.3 is 14.5 Å². The molecule has 168 valence electrons. The SMILES string of the molecule is CCOC(=O)N(C)C1CCC2(C)C(=CCC3C2CCC24CN(C)C(C)C2CCC34)C1. The molecule has 5 aliphatic rings. The van der Waals surface area contributed by atoms with Crippen molar-refractivity contribution in [2.45, 2.75) is 84.2 Å². The predicted octanol–water partition coefficient (Wildman–Crippen LogP) is 5.34. The van der Waals surface area contributed by atoms with Crippen LogP contribution in [-0.4, -0.2) is 55.2 Å². The average Bonchev–Trinajstić information content (AvgIpc) is 3.21. The van der Waals surface area contributed by atoms with Crippen LogP contribution in [0.2, 0.25) is 0 Å². The average molecular weight is 415 g/mol. The second-order valence-corrected chi connectivity index (χ2v) is 11.6. The van der Waals surface area contributed by atoms with Gasteiger partial charge in [-0.25, -0.2) is 4.79 Å². The maximum Gasteiger partial charge on any atom is 0.409 e. The fraction of sp³-hybridized carbons (Fsp3) is 0.885. The standard InChI is InChI=1S/C26H42N2O2/c1-6-30-24(29)28(5)19-11-13-25(3)18(15-19)7-8-20-22(25)12-14-26-16-27(4)17(2)21(26)9-10-23(20)26/h7,17,19-23H,6,8-16H2,1-5H3. The van der Waals surface area contributed by atoms with Crippen LogP contribution in [0.25, 0.3) is 0 Å². The minimum atomic E-state index is -0.156. The molecule has 0 bridgehead atoms. The quantitative estimate of drug-likeness (QED) is 0.572. The van der Waals surface area contributed by atoms with Gasteiger partial charge in [-0.2, -0.15) is 0 Å². The number of carbonyl (C=O) groups excluding carboxylic acids is 1. The molecule has 8 unspecified atom stereocenters. The third-order valence-electron chi connectivity index (χ3n) is 10.8. The van der Waals surface area contributed by atoms with Gasteiger partial charge in [0, 0.05) is 25.7 Å². The molecule has 1 heterocycles. The van der Waals surface area contributed by atoms with Crippen LogP contribution >= 0.6 is 0 Å². The van der Waals surface area contributed by atoms with Crippen molar-refractivity contribution in [3.05, 3.63) is 11.6 Å². The fourth-order valence-corrected chi connectivity index (χ4v) is 9.15. The summed E-state index contributed by atoms with van der Waals surface area (Å²) in [7, 11) is 4.29. The van der Waals surface area contributed by atoms with E-state index in [4.69, 9.17) is 4.74 Å². The molecule has 0 aromatic heterocycles. The van der Waals surface area contributed by atoms with Gasteiger partial charge in [-0.3, -0.25) is 0 Å². The normalized spacial score (nSPS) is 47.6. The molecule has 30 heavy (non-hydrogen) atoms. The van der Waals surface area contributed by atoms with Crippen molar-refractivity contribution in [2.75, 3.05) is 27.2 Å². The largest absolute Gasteiger partial charge is 0.450 e. The molecule has 1 saturated heterocycles. The van der Waals surface area contributed by atoms with Crippen LogP contribution in [0.3, 0.4) is 0 Å². The molecule has 1 spiro atoms. The Bertz CT molecular complexity index is 735. The zero-order valence-corrected chi connectivity index (χ0v) is 19.8. The van der Waals surface area contributed by atoms with E-state index in [0.717, 1.165) is 42.6 Å². The Balaban J connectivity index is 1.37. The number of allylic oxidation sites excluding steroid dienone is 1. The highest BCUT2D eigenvalue weighted by Crippen LogP contribution is 2.68. The van der Waals surface area contributed by atoms with E-state index in [1.54, 1.807) is 5.57 Å². The van der Waals surface area contributed by atoms with E-state index in [1.807, 2.05) is 18.9 Å². The van der Waals surface area contributed by atoms with Gasteiger partial charge in [0.15, 0.2) is 0 Å². The third kappa shape index (κ3) is 2.77. The summed E-state index contributed by atoms with van der Waals surface area (Å²) < 4.78 is 5.27. The summed E-state index contributed by atoms with van der Waals surface area (Å²) in [5, 5.41) is 0. The third-order valence-corrected chi connectivity index (χ3v) is 10.8. The Labute approximate surface area is 183 Å². The first-order valence-corrected chi connectivity index (χ1v) is 12.6. The number of fused-ring (bicyclic) bond motifs is 4. The molecule has 8 atom stereocenters. The van der Waals surface area contributed by atoms with Gasteiger partial charge in [0.1, 0.15) is 0 Å². The van der Waals surface area contributed by atoms with E-state index < -0.39 is 0 Å². The van der Waals surface area contributed by atoms with Crippen LogP contribution in [-0.2, 0) is 4.74 Å². The smallest absolute Gasteiger partial charge is 0.409 e. The van der Waals surface area contributed by atoms with Gasteiger partial charge in [-0.05, 0) is 107 Å². The minimum Gasteiger partial charge on any atom is -0.450 e. The fourth-order valence-electron chi connectivity index (χ4n) is 9.15. The maximum absolute atomic E-state index is 12.3. The Morgan fingerprint density at radius 2 is 1.97 bits per heavy atom. The summed E-state index contributed by atoms with van der Waals surface area (Å²) in [6, 6.07) is 1.07. The van der Waals surface area contributed by atoms with Gasteiger partial charge in [0.05, 0.1) is 6.61 Å². The number of carbonyl (C=O) groups is 1. The summed E-state index contributed by atoms with van der Waals surface area (Å²) >= 11 is 0. The van der Waals surface area contributed by atoms with E-state index in [-0.39, 0.29) is 6.09 Å². The van der Waals surface area contributed by atoms with E-state index in [0.29, 0.717) is 23.5 Å². The lowest BCUT2D eigenvalue weighted by molar-refractivity contribution is -0.0434. The second kappa shape index (κ2) is 7.25. The van der Waals surface area contributed by atoms with Crippen LogP contribution < -0.4 is 0 Å². The summed E-state index contributed by atoms with van der Waals surface area (Å²) in [5.41, 5.74) is 2.61. The Morgan fingerprint density at radius 1 is 1.20 bits per heavy atom. The van der Waals surface area contributed by atoms with Crippen molar-refractivity contribution in [2.24, 2.45) is 34.5 Å². The molecule has 4 fully saturated rings. The molecular weight excluding hydrogens is 372 g/mol. The predicted molar refractivity (Wildman–Crippen MR) is 120 cm³/mol.